The number of carbonyl (C=O) groups is 2. The second kappa shape index (κ2) is 5.87. The topological polar surface area (TPSA) is 75.4 Å². The van der Waals surface area contributed by atoms with E-state index in [4.69, 9.17) is 5.73 Å². The van der Waals surface area contributed by atoms with E-state index in [1.165, 1.54) is 11.3 Å². The summed E-state index contributed by atoms with van der Waals surface area (Å²) in [5, 5.41) is 4.48. The monoisotopic (exact) mass is 277 g/mol. The molecule has 2 amide bonds. The zero-order valence-corrected chi connectivity index (χ0v) is 11.4. The predicted octanol–water partition coefficient (Wildman–Crippen LogP) is 0.0188. The van der Waals surface area contributed by atoms with E-state index in [0.29, 0.717) is 25.1 Å². The molecule has 0 aromatic carbocycles. The van der Waals surface area contributed by atoms with E-state index in [9.17, 15) is 9.59 Å². The molecule has 3 N–H and O–H groups in total. The van der Waals surface area contributed by atoms with Crippen molar-refractivity contribution in [3.05, 3.63) is 21.9 Å². The molecule has 1 aliphatic heterocycles. The van der Waals surface area contributed by atoms with Crippen LogP contribution >= 0.6 is 11.3 Å². The van der Waals surface area contributed by atoms with Crippen molar-refractivity contribution in [1.29, 1.82) is 0 Å². The maximum absolute atomic E-state index is 12.0. The van der Waals surface area contributed by atoms with Gasteiger partial charge in [-0.15, -0.1) is 11.3 Å². The van der Waals surface area contributed by atoms with Crippen LogP contribution in [0.5, 0.6) is 0 Å². The van der Waals surface area contributed by atoms with Crippen LogP contribution in [-0.4, -0.2) is 42.9 Å². The molecular weight excluding hydrogens is 262 g/mol. The molecule has 2 rings (SSSR count). The molecule has 6 heteroatoms. The molecule has 1 aliphatic rings. The number of nitrogens with one attached hydrogen (secondary N) is 1. The summed E-state index contributed by atoms with van der Waals surface area (Å²) in [6.07, 6.45) is 0.658. The van der Waals surface area contributed by atoms with E-state index >= 15 is 0 Å². The summed E-state index contributed by atoms with van der Waals surface area (Å²) in [4.78, 5) is 26.1. The number of thiophene rings is 1. The lowest BCUT2D eigenvalue weighted by atomic mass is 10.2. The number of amides is 2. The van der Waals surface area contributed by atoms with E-state index in [2.05, 4.69) is 17.2 Å². The van der Waals surface area contributed by atoms with Gasteiger partial charge in [-0.1, -0.05) is 11.8 Å². The highest BCUT2D eigenvalue weighted by Gasteiger charge is 2.30. The molecule has 0 spiro atoms. The minimum Gasteiger partial charge on any atom is -0.344 e. The van der Waals surface area contributed by atoms with Gasteiger partial charge in [-0.25, -0.2) is 0 Å². The molecule has 100 valence electrons. The van der Waals surface area contributed by atoms with E-state index in [1.807, 2.05) is 0 Å². The normalized spacial score (nSPS) is 18.1. The molecular formula is C13H15N3O2S. The van der Waals surface area contributed by atoms with Crippen molar-refractivity contribution in [2.24, 2.45) is 5.73 Å². The highest BCUT2D eigenvalue weighted by Crippen LogP contribution is 2.15. The molecule has 1 atom stereocenters. The Hall–Kier alpha value is -1.84. The highest BCUT2D eigenvalue weighted by atomic mass is 32.1. The largest absolute Gasteiger partial charge is 0.344 e. The molecule has 0 radical (unpaired) electrons. The third kappa shape index (κ3) is 3.13. The summed E-state index contributed by atoms with van der Waals surface area (Å²) in [5.74, 6) is 5.35. The van der Waals surface area contributed by atoms with E-state index in [1.54, 1.807) is 23.4 Å². The first-order chi connectivity index (χ1) is 9.11. The predicted molar refractivity (Wildman–Crippen MR) is 73.8 cm³/mol. The first-order valence-corrected chi connectivity index (χ1v) is 6.83. The van der Waals surface area contributed by atoms with Gasteiger partial charge < -0.3 is 16.0 Å². The second-order valence-corrected chi connectivity index (χ2v) is 5.19. The lowest BCUT2D eigenvalue weighted by Gasteiger charge is -2.11. The van der Waals surface area contributed by atoms with Crippen molar-refractivity contribution in [3.8, 4) is 11.8 Å². The van der Waals surface area contributed by atoms with Gasteiger partial charge in [0.1, 0.15) is 6.04 Å². The maximum Gasteiger partial charge on any atom is 0.252 e. The quantitative estimate of drug-likeness (QED) is 0.748. The number of likely N-dealkylation sites (N-methyl/N-ethyl adjacent to an activating group) is 1. The smallest absolute Gasteiger partial charge is 0.252 e. The first-order valence-electron chi connectivity index (χ1n) is 5.95. The molecule has 1 aromatic heterocycles. The van der Waals surface area contributed by atoms with Crippen LogP contribution in [0, 0.1) is 11.8 Å². The zero-order valence-electron chi connectivity index (χ0n) is 10.6. The van der Waals surface area contributed by atoms with Gasteiger partial charge in [0.25, 0.3) is 5.91 Å². The fourth-order valence-corrected chi connectivity index (χ4v) is 2.61. The van der Waals surface area contributed by atoms with Gasteiger partial charge in [0, 0.05) is 19.0 Å². The lowest BCUT2D eigenvalue weighted by molar-refractivity contribution is -0.128. The number of hydrogen-bond donors (Lipinski definition) is 2. The molecule has 2 heterocycles. The molecule has 0 bridgehead atoms. The Bertz CT molecular complexity index is 556. The summed E-state index contributed by atoms with van der Waals surface area (Å²) >= 11 is 1.39. The molecule has 1 aromatic rings. The zero-order chi connectivity index (χ0) is 13.8. The molecule has 1 saturated heterocycles. The number of carbonyl (C=O) groups excluding carboxylic acids is 2. The fraction of sp³-hybridized carbons (Fsp3) is 0.385. The van der Waals surface area contributed by atoms with E-state index < -0.39 is 6.04 Å². The van der Waals surface area contributed by atoms with Crippen molar-refractivity contribution in [2.45, 2.75) is 12.5 Å². The van der Waals surface area contributed by atoms with Gasteiger partial charge in [-0.3, -0.25) is 9.59 Å². The Morgan fingerprint density at radius 2 is 2.47 bits per heavy atom. The van der Waals surface area contributed by atoms with Gasteiger partial charge in [0.05, 0.1) is 17.0 Å². The summed E-state index contributed by atoms with van der Waals surface area (Å²) in [5.41, 5.74) is 5.83. The van der Waals surface area contributed by atoms with Crippen LogP contribution in [0.2, 0.25) is 0 Å². The average molecular weight is 277 g/mol. The first kappa shape index (κ1) is 13.6. The molecule has 5 nitrogen and oxygen atoms in total. The van der Waals surface area contributed by atoms with Crippen molar-refractivity contribution in [1.82, 2.24) is 10.2 Å². The number of nitrogens with two attached hydrogens (primary N) is 1. The van der Waals surface area contributed by atoms with Crippen molar-refractivity contribution in [3.63, 3.8) is 0 Å². The van der Waals surface area contributed by atoms with Crippen LogP contribution in [0.15, 0.2) is 11.4 Å². The van der Waals surface area contributed by atoms with Gasteiger partial charge >= 0.3 is 0 Å². The second-order valence-electron chi connectivity index (χ2n) is 4.28. The standard InChI is InChI=1S/C13H15N3O2S/c1-16-6-4-11(13(16)18)15-12(17)9-7-10(19-8-9)3-2-5-14/h7-8,11H,4-6,14H2,1H3,(H,15,17). The van der Waals surface area contributed by atoms with E-state index in [0.717, 1.165) is 4.88 Å². The molecule has 1 unspecified atom stereocenters. The van der Waals surface area contributed by atoms with Gasteiger partial charge in [0.2, 0.25) is 5.91 Å². The minimum absolute atomic E-state index is 0.0354. The van der Waals surface area contributed by atoms with Crippen LogP contribution in [0.4, 0.5) is 0 Å². The number of nitrogens with zero attached hydrogens (tertiary/aromatic N) is 1. The third-order valence-corrected chi connectivity index (χ3v) is 3.75. The fourth-order valence-electron chi connectivity index (χ4n) is 1.86. The molecule has 0 saturated carbocycles. The van der Waals surface area contributed by atoms with Crippen molar-refractivity contribution >= 4 is 23.2 Å². The summed E-state index contributed by atoms with van der Waals surface area (Å²) < 4.78 is 0. The van der Waals surface area contributed by atoms with Crippen LogP contribution in [-0.2, 0) is 4.79 Å². The van der Waals surface area contributed by atoms with Crippen molar-refractivity contribution in [2.75, 3.05) is 20.1 Å². The van der Waals surface area contributed by atoms with Crippen LogP contribution < -0.4 is 11.1 Å². The highest BCUT2D eigenvalue weighted by molar-refractivity contribution is 7.10. The van der Waals surface area contributed by atoms with Crippen LogP contribution in [0.3, 0.4) is 0 Å². The Kier molecular flexibility index (Phi) is 4.20. The molecule has 1 fully saturated rings. The molecule has 0 aliphatic carbocycles. The van der Waals surface area contributed by atoms with Gasteiger partial charge in [-0.05, 0) is 12.5 Å². The summed E-state index contributed by atoms with van der Waals surface area (Å²) in [6, 6.07) is 1.31. The maximum atomic E-state index is 12.0. The van der Waals surface area contributed by atoms with Crippen LogP contribution in [0.25, 0.3) is 0 Å². The molecule has 19 heavy (non-hydrogen) atoms. The Morgan fingerprint density at radius 3 is 3.11 bits per heavy atom. The number of rotatable bonds is 2. The van der Waals surface area contributed by atoms with Gasteiger partial charge in [0.15, 0.2) is 0 Å². The summed E-state index contributed by atoms with van der Waals surface area (Å²) in [7, 11) is 1.74. The van der Waals surface area contributed by atoms with E-state index in [-0.39, 0.29) is 11.8 Å². The summed E-state index contributed by atoms with van der Waals surface area (Å²) in [6.45, 7) is 0.975. The third-order valence-electron chi connectivity index (χ3n) is 2.91. The number of hydrogen-bond acceptors (Lipinski definition) is 4. The average Bonchev–Trinajstić information content (AvgIpc) is 2.98. The Balaban J connectivity index is 2.00. The Labute approximate surface area is 115 Å². The van der Waals surface area contributed by atoms with Crippen LogP contribution in [0.1, 0.15) is 21.7 Å². The van der Waals surface area contributed by atoms with Gasteiger partial charge in [-0.2, -0.15) is 0 Å². The lowest BCUT2D eigenvalue weighted by Crippen LogP contribution is -2.40. The van der Waals surface area contributed by atoms with Crippen molar-refractivity contribution < 1.29 is 9.59 Å². The Morgan fingerprint density at radius 1 is 1.68 bits per heavy atom. The number of likely N-dealkylation sites (tertiary alicyclic amines) is 1. The SMILES string of the molecule is CN1CCC(NC(=O)c2csc(C#CCN)c2)C1=O. The minimum atomic E-state index is -0.407.